The molecule has 134 valence electrons. The predicted octanol–water partition coefficient (Wildman–Crippen LogP) is 4.59. The number of benzene rings is 1. The molecule has 7 heteroatoms. The van der Waals surface area contributed by atoms with Gasteiger partial charge in [0.05, 0.1) is 4.91 Å². The quantitative estimate of drug-likeness (QED) is 0.587. The van der Waals surface area contributed by atoms with E-state index in [2.05, 4.69) is 5.32 Å². The van der Waals surface area contributed by atoms with Gasteiger partial charge in [-0.1, -0.05) is 47.7 Å². The van der Waals surface area contributed by atoms with E-state index in [4.69, 9.17) is 12.2 Å². The molecule has 1 aliphatic heterocycles. The second kappa shape index (κ2) is 8.16. The Labute approximate surface area is 166 Å². The van der Waals surface area contributed by atoms with Crippen LogP contribution in [0.2, 0.25) is 0 Å². The first-order chi connectivity index (χ1) is 12.4. The Morgan fingerprint density at radius 2 is 2.12 bits per heavy atom. The molecule has 0 aliphatic carbocycles. The summed E-state index contributed by atoms with van der Waals surface area (Å²) in [4.78, 5) is 27.9. The van der Waals surface area contributed by atoms with Crippen LogP contribution in [0, 0.1) is 13.8 Å². The van der Waals surface area contributed by atoms with E-state index in [1.54, 1.807) is 11.3 Å². The summed E-state index contributed by atoms with van der Waals surface area (Å²) in [7, 11) is 0. The summed E-state index contributed by atoms with van der Waals surface area (Å²) in [6.07, 6.45) is 2.05. The van der Waals surface area contributed by atoms with Crippen molar-refractivity contribution < 1.29 is 9.59 Å². The van der Waals surface area contributed by atoms with Crippen LogP contribution in [0.15, 0.2) is 40.6 Å². The SMILES string of the molecule is Cc1ccc(NC(=O)CCN2C(=O)C(=Cc3cccs3)SC2=S)c(C)c1. The maximum atomic E-state index is 12.5. The highest BCUT2D eigenvalue weighted by Crippen LogP contribution is 2.33. The summed E-state index contributed by atoms with van der Waals surface area (Å²) in [5.74, 6) is -0.263. The molecule has 0 atom stereocenters. The van der Waals surface area contributed by atoms with E-state index < -0.39 is 0 Å². The molecule has 2 heterocycles. The van der Waals surface area contributed by atoms with Crippen LogP contribution in [0.1, 0.15) is 22.4 Å². The summed E-state index contributed by atoms with van der Waals surface area (Å²) < 4.78 is 0.497. The third kappa shape index (κ3) is 4.41. The maximum absolute atomic E-state index is 12.5. The molecule has 0 radical (unpaired) electrons. The Hall–Kier alpha value is -1.96. The Kier molecular flexibility index (Phi) is 5.90. The Morgan fingerprint density at radius 1 is 1.31 bits per heavy atom. The van der Waals surface area contributed by atoms with Gasteiger partial charge < -0.3 is 5.32 Å². The van der Waals surface area contributed by atoms with Gasteiger partial charge >= 0.3 is 0 Å². The molecule has 0 saturated carbocycles. The summed E-state index contributed by atoms with van der Waals surface area (Å²) >= 11 is 8.16. The molecule has 2 amide bonds. The number of aryl methyl sites for hydroxylation is 2. The van der Waals surface area contributed by atoms with Crippen molar-refractivity contribution in [1.29, 1.82) is 0 Å². The first kappa shape index (κ1) is 18.8. The molecule has 0 unspecified atom stereocenters. The normalized spacial score (nSPS) is 15.8. The molecular weight excluding hydrogens is 384 g/mol. The number of thiophene rings is 1. The lowest BCUT2D eigenvalue weighted by atomic mass is 10.1. The highest BCUT2D eigenvalue weighted by atomic mass is 32.2. The minimum absolute atomic E-state index is 0.131. The van der Waals surface area contributed by atoms with Crippen LogP contribution >= 0.6 is 35.3 Å². The van der Waals surface area contributed by atoms with E-state index in [0.717, 1.165) is 21.7 Å². The van der Waals surface area contributed by atoms with E-state index >= 15 is 0 Å². The van der Waals surface area contributed by atoms with Gasteiger partial charge in [-0.3, -0.25) is 14.5 Å². The average Bonchev–Trinajstić information content (AvgIpc) is 3.18. The van der Waals surface area contributed by atoms with E-state index in [0.29, 0.717) is 9.23 Å². The number of carbonyl (C=O) groups is 2. The van der Waals surface area contributed by atoms with Crippen LogP contribution in [-0.4, -0.2) is 27.6 Å². The van der Waals surface area contributed by atoms with E-state index in [1.165, 1.54) is 16.7 Å². The summed E-state index contributed by atoms with van der Waals surface area (Å²) in [5, 5.41) is 4.86. The first-order valence-corrected chi connectivity index (χ1v) is 10.2. The molecule has 2 aromatic rings. The van der Waals surface area contributed by atoms with Crippen molar-refractivity contribution in [2.75, 3.05) is 11.9 Å². The summed E-state index contributed by atoms with van der Waals surface area (Å²) in [6.45, 7) is 4.25. The molecule has 1 fully saturated rings. The lowest BCUT2D eigenvalue weighted by Crippen LogP contribution is -2.31. The third-order valence-electron chi connectivity index (χ3n) is 3.91. The highest BCUT2D eigenvalue weighted by molar-refractivity contribution is 8.26. The number of nitrogens with zero attached hydrogens (tertiary/aromatic N) is 1. The number of hydrogen-bond donors (Lipinski definition) is 1. The molecule has 3 rings (SSSR count). The highest BCUT2D eigenvalue weighted by Gasteiger charge is 2.32. The predicted molar refractivity (Wildman–Crippen MR) is 113 cm³/mol. The molecule has 4 nitrogen and oxygen atoms in total. The number of thioether (sulfide) groups is 1. The fourth-order valence-electron chi connectivity index (χ4n) is 2.58. The number of amides is 2. The van der Waals surface area contributed by atoms with Gasteiger partial charge in [0, 0.05) is 23.5 Å². The largest absolute Gasteiger partial charge is 0.326 e. The van der Waals surface area contributed by atoms with Crippen molar-refractivity contribution in [2.24, 2.45) is 0 Å². The van der Waals surface area contributed by atoms with Crippen LogP contribution in [0.4, 0.5) is 5.69 Å². The fourth-order valence-corrected chi connectivity index (χ4v) is 4.61. The lowest BCUT2D eigenvalue weighted by molar-refractivity contribution is -0.122. The van der Waals surface area contributed by atoms with Crippen LogP contribution < -0.4 is 5.32 Å². The van der Waals surface area contributed by atoms with Gasteiger partial charge in [-0.25, -0.2) is 0 Å². The second-order valence-electron chi connectivity index (χ2n) is 5.97. The first-order valence-electron chi connectivity index (χ1n) is 8.10. The fraction of sp³-hybridized carbons (Fsp3) is 0.211. The third-order valence-corrected chi connectivity index (χ3v) is 6.11. The second-order valence-corrected chi connectivity index (χ2v) is 8.62. The van der Waals surface area contributed by atoms with Gasteiger partial charge in [0.2, 0.25) is 5.91 Å². The number of nitrogens with one attached hydrogen (secondary N) is 1. The number of hydrogen-bond acceptors (Lipinski definition) is 5. The Morgan fingerprint density at radius 3 is 2.81 bits per heavy atom. The van der Waals surface area contributed by atoms with Gasteiger partial charge in [0.25, 0.3) is 5.91 Å². The topological polar surface area (TPSA) is 49.4 Å². The monoisotopic (exact) mass is 402 g/mol. The minimum atomic E-state index is -0.132. The molecule has 1 aliphatic rings. The zero-order chi connectivity index (χ0) is 18.7. The number of anilines is 1. The van der Waals surface area contributed by atoms with Crippen molar-refractivity contribution >= 4 is 63.2 Å². The van der Waals surface area contributed by atoms with Crippen LogP contribution in [0.5, 0.6) is 0 Å². The van der Waals surface area contributed by atoms with Crippen molar-refractivity contribution in [3.8, 4) is 0 Å². The van der Waals surface area contributed by atoms with Gasteiger partial charge in [-0.15, -0.1) is 11.3 Å². The van der Waals surface area contributed by atoms with Crippen LogP contribution in [0.3, 0.4) is 0 Å². The van der Waals surface area contributed by atoms with Gasteiger partial charge in [0.15, 0.2) is 0 Å². The smallest absolute Gasteiger partial charge is 0.266 e. The molecule has 1 aromatic carbocycles. The van der Waals surface area contributed by atoms with Crippen LogP contribution in [0.25, 0.3) is 6.08 Å². The summed E-state index contributed by atoms with van der Waals surface area (Å²) in [5.41, 5.74) is 2.96. The molecule has 0 bridgehead atoms. The summed E-state index contributed by atoms with van der Waals surface area (Å²) in [6, 6.07) is 9.77. The molecule has 26 heavy (non-hydrogen) atoms. The number of carbonyl (C=O) groups excluding carboxylic acids is 2. The van der Waals surface area contributed by atoms with Crippen LogP contribution in [-0.2, 0) is 9.59 Å². The van der Waals surface area contributed by atoms with Gasteiger partial charge in [-0.05, 0) is 43.0 Å². The van der Waals surface area contributed by atoms with Crippen molar-refractivity contribution in [3.05, 3.63) is 56.6 Å². The molecule has 1 aromatic heterocycles. The molecule has 1 N–H and O–H groups in total. The van der Waals surface area contributed by atoms with E-state index in [-0.39, 0.29) is 24.8 Å². The molecule has 1 saturated heterocycles. The zero-order valence-electron chi connectivity index (χ0n) is 14.4. The number of thiocarbonyl (C=S) groups is 1. The van der Waals surface area contributed by atoms with E-state index in [9.17, 15) is 9.59 Å². The number of rotatable bonds is 5. The molecule has 0 spiro atoms. The van der Waals surface area contributed by atoms with E-state index in [1.807, 2.05) is 55.6 Å². The Bertz CT molecular complexity index is 888. The zero-order valence-corrected chi connectivity index (χ0v) is 16.9. The standard InChI is InChI=1S/C19H18N2O2S3/c1-12-5-6-15(13(2)10-12)20-17(22)7-8-21-18(23)16(26-19(21)24)11-14-4-3-9-25-14/h3-6,9-11H,7-8H2,1-2H3,(H,20,22). The van der Waals surface area contributed by atoms with Gasteiger partial charge in [-0.2, -0.15) is 0 Å². The Balaban J connectivity index is 1.59. The minimum Gasteiger partial charge on any atom is -0.326 e. The van der Waals surface area contributed by atoms with Crippen molar-refractivity contribution in [3.63, 3.8) is 0 Å². The van der Waals surface area contributed by atoms with Crippen molar-refractivity contribution in [1.82, 2.24) is 4.90 Å². The van der Waals surface area contributed by atoms with Gasteiger partial charge in [0.1, 0.15) is 4.32 Å². The van der Waals surface area contributed by atoms with Crippen molar-refractivity contribution in [2.45, 2.75) is 20.3 Å². The lowest BCUT2D eigenvalue weighted by Gasteiger charge is -2.14. The average molecular weight is 403 g/mol. The molecular formula is C19H18N2O2S3. The maximum Gasteiger partial charge on any atom is 0.266 e.